The van der Waals surface area contributed by atoms with Crippen LogP contribution in [0, 0.1) is 0 Å². The van der Waals surface area contributed by atoms with Crippen molar-refractivity contribution in [3.8, 4) is 5.75 Å². The highest BCUT2D eigenvalue weighted by Crippen LogP contribution is 2.27. The molecular weight excluding hydrogens is 325 g/mol. The zero-order valence-electron chi connectivity index (χ0n) is 12.1. The molecule has 0 saturated carbocycles. The molecule has 0 radical (unpaired) electrons. The van der Waals surface area contributed by atoms with Crippen LogP contribution in [0.15, 0.2) is 41.0 Å². The Bertz CT molecular complexity index is 614. The van der Waals surface area contributed by atoms with Gasteiger partial charge in [0.2, 0.25) is 0 Å². The van der Waals surface area contributed by atoms with Crippen molar-refractivity contribution in [2.75, 3.05) is 6.61 Å². The van der Waals surface area contributed by atoms with Crippen LogP contribution in [0.4, 0.5) is 0 Å². The van der Waals surface area contributed by atoms with E-state index >= 15 is 0 Å². The van der Waals surface area contributed by atoms with Crippen molar-refractivity contribution in [1.82, 2.24) is 5.32 Å². The van der Waals surface area contributed by atoms with Gasteiger partial charge in [0, 0.05) is 17.5 Å². The van der Waals surface area contributed by atoms with Crippen LogP contribution in [0.2, 0.25) is 10.0 Å². The summed E-state index contributed by atoms with van der Waals surface area (Å²) in [5, 5.41) is 3.77. The number of halogens is 2. The fourth-order valence-corrected chi connectivity index (χ4v) is 2.40. The number of hydrogen-bond acceptors (Lipinski definition) is 3. The molecular formula is C16H17Cl2NO3. The lowest BCUT2D eigenvalue weighted by Crippen LogP contribution is -2.36. The zero-order valence-corrected chi connectivity index (χ0v) is 13.7. The second-order valence-corrected chi connectivity index (χ2v) is 5.79. The van der Waals surface area contributed by atoms with Gasteiger partial charge in [-0.1, -0.05) is 23.2 Å². The van der Waals surface area contributed by atoms with Crippen molar-refractivity contribution in [3.05, 3.63) is 52.4 Å². The van der Waals surface area contributed by atoms with Gasteiger partial charge in [-0.05, 0) is 43.7 Å². The van der Waals surface area contributed by atoms with Crippen LogP contribution in [-0.2, 0) is 11.2 Å². The van der Waals surface area contributed by atoms with Crippen LogP contribution in [0.25, 0.3) is 0 Å². The number of carbonyl (C=O) groups excluding carboxylic acids is 1. The number of benzene rings is 1. The number of nitrogens with one attached hydrogen (secondary N) is 1. The maximum Gasteiger partial charge on any atom is 0.258 e. The molecule has 0 bridgehead atoms. The summed E-state index contributed by atoms with van der Waals surface area (Å²) in [6.07, 6.45) is 3.21. The molecule has 1 aromatic carbocycles. The summed E-state index contributed by atoms with van der Waals surface area (Å²) in [6, 6.07) is 8.66. The molecule has 0 fully saturated rings. The SMILES string of the molecule is CC(CCc1ccco1)NC(=O)COc1ccc(Cl)cc1Cl. The largest absolute Gasteiger partial charge is 0.482 e. The highest BCUT2D eigenvalue weighted by atomic mass is 35.5. The Morgan fingerprint density at radius 2 is 2.18 bits per heavy atom. The Morgan fingerprint density at radius 3 is 2.86 bits per heavy atom. The summed E-state index contributed by atoms with van der Waals surface area (Å²) in [7, 11) is 0. The molecule has 118 valence electrons. The standard InChI is InChI=1S/C16H17Cl2NO3/c1-11(4-6-13-3-2-8-21-13)19-16(20)10-22-15-7-5-12(17)9-14(15)18/h2-3,5,7-9,11H,4,6,10H2,1H3,(H,19,20). The van der Waals surface area contributed by atoms with Crippen LogP contribution in [0.3, 0.4) is 0 Å². The zero-order chi connectivity index (χ0) is 15.9. The maximum absolute atomic E-state index is 11.8. The number of aryl methyl sites for hydroxylation is 1. The van der Waals surface area contributed by atoms with Crippen LogP contribution >= 0.6 is 23.2 Å². The minimum Gasteiger partial charge on any atom is -0.482 e. The van der Waals surface area contributed by atoms with Gasteiger partial charge < -0.3 is 14.5 Å². The third-order valence-electron chi connectivity index (χ3n) is 3.06. The van der Waals surface area contributed by atoms with E-state index in [0.717, 1.165) is 18.6 Å². The van der Waals surface area contributed by atoms with E-state index in [-0.39, 0.29) is 18.6 Å². The van der Waals surface area contributed by atoms with Gasteiger partial charge in [-0.3, -0.25) is 4.79 Å². The summed E-state index contributed by atoms with van der Waals surface area (Å²) < 4.78 is 10.6. The molecule has 0 aliphatic rings. The molecule has 6 heteroatoms. The third-order valence-corrected chi connectivity index (χ3v) is 3.59. The molecule has 22 heavy (non-hydrogen) atoms. The van der Waals surface area contributed by atoms with E-state index in [1.54, 1.807) is 24.5 Å². The molecule has 1 atom stereocenters. The lowest BCUT2D eigenvalue weighted by molar-refractivity contribution is -0.123. The Hall–Kier alpha value is -1.65. The van der Waals surface area contributed by atoms with Crippen molar-refractivity contribution in [2.45, 2.75) is 25.8 Å². The summed E-state index contributed by atoms with van der Waals surface area (Å²) >= 11 is 11.8. The summed E-state index contributed by atoms with van der Waals surface area (Å²) in [5.41, 5.74) is 0. The highest BCUT2D eigenvalue weighted by molar-refractivity contribution is 6.35. The Balaban J connectivity index is 1.72. The molecule has 1 amide bonds. The summed E-state index contributed by atoms with van der Waals surface area (Å²) in [6.45, 7) is 1.85. The smallest absolute Gasteiger partial charge is 0.258 e. The fourth-order valence-electron chi connectivity index (χ4n) is 1.94. The van der Waals surface area contributed by atoms with Crippen LogP contribution < -0.4 is 10.1 Å². The predicted octanol–water partition coefficient (Wildman–Crippen LogP) is 4.10. The van der Waals surface area contributed by atoms with Gasteiger partial charge in [0.25, 0.3) is 5.91 Å². The van der Waals surface area contributed by atoms with Gasteiger partial charge in [-0.2, -0.15) is 0 Å². The molecule has 1 aromatic heterocycles. The minimum atomic E-state index is -0.196. The van der Waals surface area contributed by atoms with Gasteiger partial charge in [-0.15, -0.1) is 0 Å². The fraction of sp³-hybridized carbons (Fsp3) is 0.312. The van der Waals surface area contributed by atoms with Crippen molar-refractivity contribution in [1.29, 1.82) is 0 Å². The monoisotopic (exact) mass is 341 g/mol. The Morgan fingerprint density at radius 1 is 1.36 bits per heavy atom. The summed E-state index contributed by atoms with van der Waals surface area (Å²) in [4.78, 5) is 11.8. The molecule has 0 aliphatic carbocycles. The van der Waals surface area contributed by atoms with E-state index in [0.29, 0.717) is 15.8 Å². The highest BCUT2D eigenvalue weighted by Gasteiger charge is 2.10. The molecule has 0 saturated heterocycles. The second kappa shape index (κ2) is 8.11. The first-order valence-electron chi connectivity index (χ1n) is 6.94. The van der Waals surface area contributed by atoms with Crippen molar-refractivity contribution in [2.24, 2.45) is 0 Å². The van der Waals surface area contributed by atoms with Crippen LogP contribution in [-0.4, -0.2) is 18.6 Å². The van der Waals surface area contributed by atoms with E-state index in [9.17, 15) is 4.79 Å². The quantitative estimate of drug-likeness (QED) is 0.824. The topological polar surface area (TPSA) is 51.5 Å². The molecule has 1 unspecified atom stereocenters. The second-order valence-electron chi connectivity index (χ2n) is 4.95. The van der Waals surface area contributed by atoms with Gasteiger partial charge >= 0.3 is 0 Å². The molecule has 0 aliphatic heterocycles. The lowest BCUT2D eigenvalue weighted by Gasteiger charge is -2.14. The average Bonchev–Trinajstić information content (AvgIpc) is 2.97. The first-order valence-corrected chi connectivity index (χ1v) is 7.70. The third kappa shape index (κ3) is 5.28. The minimum absolute atomic E-state index is 0.0295. The number of carbonyl (C=O) groups is 1. The van der Waals surface area contributed by atoms with Gasteiger partial charge in [-0.25, -0.2) is 0 Å². The van der Waals surface area contributed by atoms with Crippen molar-refractivity contribution < 1.29 is 13.9 Å². The number of rotatable bonds is 7. The van der Waals surface area contributed by atoms with Gasteiger partial charge in [0.15, 0.2) is 6.61 Å². The molecule has 0 spiro atoms. The van der Waals surface area contributed by atoms with Crippen LogP contribution in [0.1, 0.15) is 19.1 Å². The normalized spacial score (nSPS) is 12.0. The molecule has 1 N–H and O–H groups in total. The van der Waals surface area contributed by atoms with E-state index in [2.05, 4.69) is 5.32 Å². The molecule has 4 nitrogen and oxygen atoms in total. The van der Waals surface area contributed by atoms with E-state index < -0.39 is 0 Å². The maximum atomic E-state index is 11.8. The lowest BCUT2D eigenvalue weighted by atomic mass is 10.1. The van der Waals surface area contributed by atoms with Gasteiger partial charge in [0.1, 0.15) is 11.5 Å². The first kappa shape index (κ1) is 16.7. The number of amides is 1. The molecule has 1 heterocycles. The molecule has 2 rings (SSSR count). The number of hydrogen-bond donors (Lipinski definition) is 1. The van der Waals surface area contributed by atoms with E-state index in [4.69, 9.17) is 32.4 Å². The van der Waals surface area contributed by atoms with E-state index in [1.165, 1.54) is 0 Å². The summed E-state index contributed by atoms with van der Waals surface area (Å²) in [5.74, 6) is 1.15. The van der Waals surface area contributed by atoms with Crippen molar-refractivity contribution in [3.63, 3.8) is 0 Å². The van der Waals surface area contributed by atoms with Crippen molar-refractivity contribution >= 4 is 29.1 Å². The Labute approximate surface area is 139 Å². The Kier molecular flexibility index (Phi) is 6.16. The number of furan rings is 1. The molecule has 2 aromatic rings. The van der Waals surface area contributed by atoms with Crippen LogP contribution in [0.5, 0.6) is 5.75 Å². The first-order chi connectivity index (χ1) is 10.5. The van der Waals surface area contributed by atoms with Gasteiger partial charge in [0.05, 0.1) is 11.3 Å². The van der Waals surface area contributed by atoms with E-state index in [1.807, 2.05) is 19.1 Å². The predicted molar refractivity (Wildman–Crippen MR) is 86.6 cm³/mol. The average molecular weight is 342 g/mol. The number of ether oxygens (including phenoxy) is 1.